The molecule has 20 heavy (non-hydrogen) atoms. The Morgan fingerprint density at radius 3 is 2.95 bits per heavy atom. The van der Waals surface area contributed by atoms with Crippen LogP contribution in [0.2, 0.25) is 0 Å². The van der Waals surface area contributed by atoms with Gasteiger partial charge in [0.05, 0.1) is 12.7 Å². The van der Waals surface area contributed by atoms with Crippen molar-refractivity contribution in [2.75, 3.05) is 17.7 Å². The summed E-state index contributed by atoms with van der Waals surface area (Å²) in [5, 5.41) is 10.6. The van der Waals surface area contributed by atoms with Gasteiger partial charge < -0.3 is 15.0 Å². The molecule has 3 aromatic rings. The van der Waals surface area contributed by atoms with Crippen LogP contribution >= 0.6 is 0 Å². The molecule has 0 saturated heterocycles. The van der Waals surface area contributed by atoms with Crippen molar-refractivity contribution in [3.63, 3.8) is 0 Å². The van der Waals surface area contributed by atoms with Crippen molar-refractivity contribution in [1.29, 1.82) is 0 Å². The monoisotopic (exact) mass is 271 g/mol. The van der Waals surface area contributed by atoms with E-state index in [1.54, 1.807) is 12.4 Å². The molecule has 104 valence electrons. The fraction of sp³-hybridized carbons (Fsp3) is 0.308. The third-order valence-electron chi connectivity index (χ3n) is 3.03. The third kappa shape index (κ3) is 2.42. The van der Waals surface area contributed by atoms with Gasteiger partial charge in [0.15, 0.2) is 11.5 Å². The van der Waals surface area contributed by atoms with E-state index < -0.39 is 0 Å². The Kier molecular flexibility index (Phi) is 3.24. The average molecular weight is 271 g/mol. The van der Waals surface area contributed by atoms with Gasteiger partial charge in [0.2, 0.25) is 0 Å². The van der Waals surface area contributed by atoms with Gasteiger partial charge in [-0.2, -0.15) is 5.10 Å². The molecule has 3 aromatic heterocycles. The molecule has 1 atom stereocenters. The van der Waals surface area contributed by atoms with E-state index in [9.17, 15) is 0 Å². The molecule has 0 aliphatic carbocycles. The van der Waals surface area contributed by atoms with Crippen LogP contribution in [0.1, 0.15) is 6.92 Å². The van der Waals surface area contributed by atoms with E-state index >= 15 is 0 Å². The Hall–Kier alpha value is -2.57. The number of fused-ring (bicyclic) bond motifs is 1. The smallest absolute Gasteiger partial charge is 0.180 e. The Morgan fingerprint density at radius 1 is 1.30 bits per heavy atom. The summed E-state index contributed by atoms with van der Waals surface area (Å²) in [7, 11) is 1.85. The molecule has 0 bridgehead atoms. The second kappa shape index (κ2) is 5.20. The lowest BCUT2D eigenvalue weighted by Crippen LogP contribution is -2.23. The number of aromatic nitrogens is 5. The zero-order valence-corrected chi connectivity index (χ0v) is 11.5. The number of hydrogen-bond donors (Lipinski definition) is 2. The zero-order valence-electron chi connectivity index (χ0n) is 11.5. The number of imidazole rings is 1. The second-order valence-electron chi connectivity index (χ2n) is 4.66. The van der Waals surface area contributed by atoms with Crippen molar-refractivity contribution in [2.24, 2.45) is 0 Å². The van der Waals surface area contributed by atoms with Crippen molar-refractivity contribution >= 4 is 17.3 Å². The van der Waals surface area contributed by atoms with Gasteiger partial charge in [-0.1, -0.05) is 0 Å². The largest absolute Gasteiger partial charge is 0.372 e. The van der Waals surface area contributed by atoms with Crippen LogP contribution in [0.5, 0.6) is 0 Å². The minimum atomic E-state index is 0.190. The van der Waals surface area contributed by atoms with Crippen molar-refractivity contribution in [3.8, 4) is 0 Å². The highest BCUT2D eigenvalue weighted by Gasteiger charge is 2.10. The van der Waals surface area contributed by atoms with E-state index in [2.05, 4.69) is 32.6 Å². The first-order chi connectivity index (χ1) is 9.76. The molecule has 1 unspecified atom stereocenters. The highest BCUT2D eigenvalue weighted by atomic mass is 15.3. The van der Waals surface area contributed by atoms with Crippen molar-refractivity contribution < 1.29 is 0 Å². The van der Waals surface area contributed by atoms with Gasteiger partial charge in [-0.05, 0) is 13.0 Å². The Morgan fingerprint density at radius 2 is 2.20 bits per heavy atom. The van der Waals surface area contributed by atoms with Crippen molar-refractivity contribution in [3.05, 3.63) is 37.1 Å². The predicted octanol–water partition coefficient (Wildman–Crippen LogP) is 1.47. The number of anilines is 2. The molecule has 0 spiro atoms. The van der Waals surface area contributed by atoms with E-state index in [0.29, 0.717) is 0 Å². The Labute approximate surface area is 116 Å². The highest BCUT2D eigenvalue weighted by molar-refractivity contribution is 5.65. The molecule has 0 aliphatic heterocycles. The first-order valence-electron chi connectivity index (χ1n) is 6.51. The Balaban J connectivity index is 1.84. The topological polar surface area (TPSA) is 72.1 Å². The van der Waals surface area contributed by atoms with Crippen LogP contribution in [-0.2, 0) is 6.54 Å². The molecule has 0 fully saturated rings. The van der Waals surface area contributed by atoms with Crippen LogP contribution in [0.3, 0.4) is 0 Å². The van der Waals surface area contributed by atoms with Crippen LogP contribution in [0.4, 0.5) is 11.6 Å². The molecule has 3 rings (SSSR count). The first-order valence-corrected chi connectivity index (χ1v) is 6.51. The van der Waals surface area contributed by atoms with Gasteiger partial charge in [-0.15, -0.1) is 0 Å². The number of nitrogens with zero attached hydrogens (tertiary/aromatic N) is 5. The fourth-order valence-corrected chi connectivity index (χ4v) is 2.12. The number of hydrogen-bond acceptors (Lipinski definition) is 5. The minimum Gasteiger partial charge on any atom is -0.372 e. The SMILES string of the molecule is CNc1cn2ccnc2c(NC(C)Cn2cccn2)n1. The van der Waals surface area contributed by atoms with Gasteiger partial charge in [0.1, 0.15) is 5.82 Å². The molecule has 0 amide bonds. The maximum absolute atomic E-state index is 4.53. The van der Waals surface area contributed by atoms with Crippen LogP contribution in [-0.4, -0.2) is 37.2 Å². The van der Waals surface area contributed by atoms with Crippen LogP contribution in [0, 0.1) is 0 Å². The van der Waals surface area contributed by atoms with Gasteiger partial charge in [-0.25, -0.2) is 9.97 Å². The van der Waals surface area contributed by atoms with Crippen LogP contribution in [0.25, 0.3) is 5.65 Å². The van der Waals surface area contributed by atoms with Crippen LogP contribution < -0.4 is 10.6 Å². The van der Waals surface area contributed by atoms with E-state index in [4.69, 9.17) is 0 Å². The summed E-state index contributed by atoms with van der Waals surface area (Å²) in [5.74, 6) is 1.56. The normalized spacial score (nSPS) is 12.5. The van der Waals surface area contributed by atoms with Crippen molar-refractivity contribution in [1.82, 2.24) is 24.1 Å². The van der Waals surface area contributed by atoms with E-state index in [1.165, 1.54) is 0 Å². The van der Waals surface area contributed by atoms with E-state index in [1.807, 2.05) is 40.8 Å². The fourth-order valence-electron chi connectivity index (χ4n) is 2.12. The molecular weight excluding hydrogens is 254 g/mol. The number of nitrogens with one attached hydrogen (secondary N) is 2. The third-order valence-corrected chi connectivity index (χ3v) is 3.03. The summed E-state index contributed by atoms with van der Waals surface area (Å²) < 4.78 is 3.84. The quantitative estimate of drug-likeness (QED) is 0.735. The molecule has 0 aromatic carbocycles. The molecule has 2 N–H and O–H groups in total. The molecular formula is C13H17N7. The lowest BCUT2D eigenvalue weighted by Gasteiger charge is -2.16. The molecule has 7 heteroatoms. The lowest BCUT2D eigenvalue weighted by molar-refractivity contribution is 0.560. The minimum absolute atomic E-state index is 0.190. The number of rotatable bonds is 5. The van der Waals surface area contributed by atoms with Crippen molar-refractivity contribution in [2.45, 2.75) is 19.5 Å². The van der Waals surface area contributed by atoms with E-state index in [0.717, 1.165) is 23.8 Å². The lowest BCUT2D eigenvalue weighted by atomic mass is 10.3. The maximum atomic E-state index is 4.53. The molecule has 0 aliphatic rings. The summed E-state index contributed by atoms with van der Waals surface area (Å²) in [6, 6.07) is 2.11. The van der Waals surface area contributed by atoms with Crippen LogP contribution in [0.15, 0.2) is 37.1 Å². The molecule has 0 radical (unpaired) electrons. The zero-order chi connectivity index (χ0) is 13.9. The first kappa shape index (κ1) is 12.5. The molecule has 3 heterocycles. The van der Waals surface area contributed by atoms with E-state index in [-0.39, 0.29) is 6.04 Å². The maximum Gasteiger partial charge on any atom is 0.180 e. The summed E-state index contributed by atoms with van der Waals surface area (Å²) in [6.45, 7) is 2.86. The molecule has 7 nitrogen and oxygen atoms in total. The average Bonchev–Trinajstić information content (AvgIpc) is 3.09. The Bertz CT molecular complexity index is 686. The predicted molar refractivity (Wildman–Crippen MR) is 77.8 cm³/mol. The summed E-state index contributed by atoms with van der Waals surface area (Å²) in [6.07, 6.45) is 9.30. The molecule has 0 saturated carbocycles. The highest BCUT2D eigenvalue weighted by Crippen LogP contribution is 2.17. The van der Waals surface area contributed by atoms with Gasteiger partial charge in [-0.3, -0.25) is 4.68 Å². The van der Waals surface area contributed by atoms with Gasteiger partial charge >= 0.3 is 0 Å². The standard InChI is InChI=1S/C13H17N7/c1-10(8-20-6-3-4-16-20)17-12-13-15-5-7-19(13)9-11(14-2)18-12/h3-7,9-10,14H,8H2,1-2H3,(H,17,18). The van der Waals surface area contributed by atoms with Gasteiger partial charge in [0, 0.05) is 37.9 Å². The summed E-state index contributed by atoms with van der Waals surface area (Å²) in [4.78, 5) is 8.86. The second-order valence-corrected chi connectivity index (χ2v) is 4.66. The summed E-state index contributed by atoms with van der Waals surface area (Å²) in [5.41, 5.74) is 0.816. The van der Waals surface area contributed by atoms with Gasteiger partial charge in [0.25, 0.3) is 0 Å². The summed E-state index contributed by atoms with van der Waals surface area (Å²) >= 11 is 0.